The number of hydrogen-bond donors (Lipinski definition) is 2. The molecule has 2 aromatic rings. The lowest BCUT2D eigenvalue weighted by atomic mass is 10.1. The Morgan fingerprint density at radius 1 is 1.20 bits per heavy atom. The van der Waals surface area contributed by atoms with Crippen molar-refractivity contribution >= 4 is 34.8 Å². The molecular formula is C14H16Cl2N4. The fourth-order valence-electron chi connectivity index (χ4n) is 1.89. The minimum Gasteiger partial charge on any atom is -0.372 e. The van der Waals surface area contributed by atoms with Crippen molar-refractivity contribution in [1.29, 1.82) is 0 Å². The van der Waals surface area contributed by atoms with E-state index in [0.717, 1.165) is 12.1 Å². The molecule has 20 heavy (non-hydrogen) atoms. The summed E-state index contributed by atoms with van der Waals surface area (Å²) in [6.07, 6.45) is 2.72. The largest absolute Gasteiger partial charge is 0.372 e. The van der Waals surface area contributed by atoms with Crippen LogP contribution in [-0.4, -0.2) is 17.0 Å². The molecule has 0 aliphatic carbocycles. The molecule has 2 heterocycles. The smallest absolute Gasteiger partial charge is 0.147 e. The summed E-state index contributed by atoms with van der Waals surface area (Å²) in [5, 5.41) is 7.11. The predicted molar refractivity (Wildman–Crippen MR) is 84.7 cm³/mol. The number of anilines is 2. The van der Waals surface area contributed by atoms with E-state index >= 15 is 0 Å². The number of aryl methyl sites for hydroxylation is 1. The van der Waals surface area contributed by atoms with Crippen LogP contribution >= 0.6 is 23.2 Å². The highest BCUT2D eigenvalue weighted by Gasteiger charge is 2.09. The molecule has 2 N–H and O–H groups in total. The Morgan fingerprint density at radius 3 is 2.65 bits per heavy atom. The Morgan fingerprint density at radius 2 is 1.95 bits per heavy atom. The fraction of sp³-hybridized carbons (Fsp3) is 0.286. The van der Waals surface area contributed by atoms with Crippen molar-refractivity contribution in [1.82, 2.24) is 9.97 Å². The average molecular weight is 311 g/mol. The lowest BCUT2D eigenvalue weighted by molar-refractivity contribution is 0.965. The molecule has 0 saturated carbocycles. The second kappa shape index (κ2) is 6.77. The highest BCUT2D eigenvalue weighted by molar-refractivity contribution is 6.37. The van der Waals surface area contributed by atoms with Gasteiger partial charge in [-0.05, 0) is 24.1 Å². The molecule has 0 atom stereocenters. The van der Waals surface area contributed by atoms with Crippen molar-refractivity contribution < 1.29 is 0 Å². The average Bonchev–Trinajstić information content (AvgIpc) is 2.46. The normalized spacial score (nSPS) is 10.4. The predicted octanol–water partition coefficient (Wildman–Crippen LogP) is 4.00. The number of nitrogens with zero attached hydrogens (tertiary/aromatic N) is 2. The van der Waals surface area contributed by atoms with Crippen LogP contribution in [0.25, 0.3) is 0 Å². The van der Waals surface area contributed by atoms with Gasteiger partial charge in [0.1, 0.15) is 11.6 Å². The first-order valence-corrected chi connectivity index (χ1v) is 7.11. The van der Waals surface area contributed by atoms with Crippen LogP contribution in [0.4, 0.5) is 11.6 Å². The Labute approximate surface area is 128 Å². The van der Waals surface area contributed by atoms with Crippen LogP contribution < -0.4 is 10.6 Å². The van der Waals surface area contributed by atoms with Gasteiger partial charge in [0.25, 0.3) is 0 Å². The topological polar surface area (TPSA) is 49.8 Å². The molecule has 2 rings (SSSR count). The van der Waals surface area contributed by atoms with Gasteiger partial charge in [-0.25, -0.2) is 4.98 Å². The van der Waals surface area contributed by atoms with E-state index in [-0.39, 0.29) is 0 Å². The number of pyridine rings is 2. The zero-order chi connectivity index (χ0) is 14.5. The summed E-state index contributed by atoms with van der Waals surface area (Å²) in [6, 6.07) is 5.68. The lowest BCUT2D eigenvalue weighted by Gasteiger charge is -2.12. The second-order valence-electron chi connectivity index (χ2n) is 4.22. The molecule has 0 saturated heterocycles. The summed E-state index contributed by atoms with van der Waals surface area (Å²) in [7, 11) is 1.76. The van der Waals surface area contributed by atoms with E-state index < -0.39 is 0 Å². The van der Waals surface area contributed by atoms with Gasteiger partial charge in [0.2, 0.25) is 0 Å². The third-order valence-electron chi connectivity index (χ3n) is 2.95. The van der Waals surface area contributed by atoms with Crippen LogP contribution in [-0.2, 0) is 13.0 Å². The number of rotatable bonds is 5. The van der Waals surface area contributed by atoms with Crippen LogP contribution in [0.1, 0.15) is 18.2 Å². The molecule has 0 radical (unpaired) electrons. The molecule has 0 amide bonds. The third kappa shape index (κ3) is 3.32. The molecule has 106 valence electrons. The zero-order valence-corrected chi connectivity index (χ0v) is 12.9. The molecular weight excluding hydrogens is 295 g/mol. The molecule has 0 aliphatic heterocycles. The number of halogens is 2. The van der Waals surface area contributed by atoms with E-state index in [1.165, 1.54) is 5.56 Å². The van der Waals surface area contributed by atoms with E-state index in [4.69, 9.17) is 23.2 Å². The van der Waals surface area contributed by atoms with Crippen LogP contribution in [0.3, 0.4) is 0 Å². The monoisotopic (exact) mass is 310 g/mol. The summed E-state index contributed by atoms with van der Waals surface area (Å²) in [4.78, 5) is 8.73. The summed E-state index contributed by atoms with van der Waals surface area (Å²) in [6.45, 7) is 2.68. The molecule has 4 nitrogen and oxygen atoms in total. The second-order valence-corrected chi connectivity index (χ2v) is 5.03. The minimum atomic E-state index is 0.489. The summed E-state index contributed by atoms with van der Waals surface area (Å²) >= 11 is 12.2. The van der Waals surface area contributed by atoms with Crippen LogP contribution in [0.5, 0.6) is 0 Å². The Hall–Kier alpha value is -1.52. The van der Waals surface area contributed by atoms with Gasteiger partial charge >= 0.3 is 0 Å². The first kappa shape index (κ1) is 14.9. The number of nitrogens with one attached hydrogen (secondary N) is 2. The van der Waals surface area contributed by atoms with Crippen LogP contribution in [0.15, 0.2) is 24.4 Å². The van der Waals surface area contributed by atoms with Crippen molar-refractivity contribution in [3.8, 4) is 0 Å². The van der Waals surface area contributed by atoms with E-state index in [2.05, 4.69) is 33.6 Å². The Balaban J connectivity index is 2.18. The Bertz CT molecular complexity index is 602. The third-order valence-corrected chi connectivity index (χ3v) is 3.53. The molecule has 0 fully saturated rings. The molecule has 2 aromatic heterocycles. The van der Waals surface area contributed by atoms with E-state index in [0.29, 0.717) is 28.2 Å². The van der Waals surface area contributed by atoms with E-state index in [9.17, 15) is 0 Å². The van der Waals surface area contributed by atoms with E-state index in [1.54, 1.807) is 19.3 Å². The van der Waals surface area contributed by atoms with Gasteiger partial charge in [-0.2, -0.15) is 0 Å². The molecule has 0 aromatic carbocycles. The quantitative estimate of drug-likeness (QED) is 0.876. The maximum atomic E-state index is 6.14. The van der Waals surface area contributed by atoms with Gasteiger partial charge in [0.15, 0.2) is 0 Å². The summed E-state index contributed by atoms with van der Waals surface area (Å²) < 4.78 is 0. The van der Waals surface area contributed by atoms with Crippen LogP contribution in [0, 0.1) is 0 Å². The van der Waals surface area contributed by atoms with Crippen molar-refractivity contribution in [2.75, 3.05) is 17.7 Å². The number of aromatic nitrogens is 2. The number of hydrogen-bond acceptors (Lipinski definition) is 4. The first-order valence-electron chi connectivity index (χ1n) is 6.36. The highest BCUT2D eigenvalue weighted by Crippen LogP contribution is 2.29. The lowest BCUT2D eigenvalue weighted by Crippen LogP contribution is -2.07. The van der Waals surface area contributed by atoms with Crippen molar-refractivity contribution in [2.24, 2.45) is 0 Å². The Kier molecular flexibility index (Phi) is 5.04. The maximum Gasteiger partial charge on any atom is 0.147 e. The highest BCUT2D eigenvalue weighted by atomic mass is 35.5. The molecule has 6 heteroatoms. The first-order chi connectivity index (χ1) is 9.65. The summed E-state index contributed by atoms with van der Waals surface area (Å²) in [5.41, 5.74) is 2.20. The van der Waals surface area contributed by atoms with Crippen molar-refractivity contribution in [3.05, 3.63) is 45.7 Å². The minimum absolute atomic E-state index is 0.489. The van der Waals surface area contributed by atoms with Gasteiger partial charge in [0.05, 0.1) is 22.3 Å². The van der Waals surface area contributed by atoms with Crippen molar-refractivity contribution in [3.63, 3.8) is 0 Å². The van der Waals surface area contributed by atoms with Gasteiger partial charge in [-0.1, -0.05) is 36.2 Å². The van der Waals surface area contributed by atoms with Gasteiger partial charge < -0.3 is 10.6 Å². The molecule has 0 bridgehead atoms. The summed E-state index contributed by atoms with van der Waals surface area (Å²) in [5.74, 6) is 1.18. The van der Waals surface area contributed by atoms with Gasteiger partial charge in [-0.3, -0.25) is 4.98 Å². The van der Waals surface area contributed by atoms with Crippen LogP contribution in [0.2, 0.25) is 10.0 Å². The molecule has 0 aliphatic rings. The molecule has 0 spiro atoms. The standard InChI is InChI=1S/C14H16Cl2N4/c1-3-9-5-4-6-18-12(9)8-19-14-11(16)7-10(15)13(17-2)20-14/h4-7H,3,8H2,1-2H3,(H2,17,19,20). The molecule has 0 unspecified atom stereocenters. The van der Waals surface area contributed by atoms with Gasteiger partial charge in [0, 0.05) is 13.2 Å². The maximum absolute atomic E-state index is 6.14. The van der Waals surface area contributed by atoms with E-state index in [1.807, 2.05) is 6.07 Å². The van der Waals surface area contributed by atoms with Crippen molar-refractivity contribution in [2.45, 2.75) is 19.9 Å². The van der Waals surface area contributed by atoms with Gasteiger partial charge in [-0.15, -0.1) is 0 Å². The zero-order valence-electron chi connectivity index (χ0n) is 11.4. The SMILES string of the molecule is CCc1cccnc1CNc1nc(NC)c(Cl)cc1Cl. The fourth-order valence-corrected chi connectivity index (χ4v) is 2.41.